The molecular formula is C12H16N2O. The number of hydrogen-bond donors (Lipinski definition) is 3. The summed E-state index contributed by atoms with van der Waals surface area (Å²) in [5.41, 5.74) is 6.89. The molecular weight excluding hydrogens is 188 g/mol. The Labute approximate surface area is 88.9 Å². The van der Waals surface area contributed by atoms with Gasteiger partial charge in [-0.2, -0.15) is 0 Å². The predicted octanol–water partition coefficient (Wildman–Crippen LogP) is 1.42. The summed E-state index contributed by atoms with van der Waals surface area (Å²) in [6.45, 7) is 2.03. The van der Waals surface area contributed by atoms with Crippen LogP contribution in [0.2, 0.25) is 0 Å². The van der Waals surface area contributed by atoms with E-state index in [2.05, 4.69) is 4.98 Å². The molecule has 3 heteroatoms. The third-order valence-corrected chi connectivity index (χ3v) is 2.69. The van der Waals surface area contributed by atoms with Gasteiger partial charge >= 0.3 is 0 Å². The third kappa shape index (κ3) is 2.03. The van der Waals surface area contributed by atoms with Crippen LogP contribution in [-0.4, -0.2) is 22.2 Å². The van der Waals surface area contributed by atoms with Crippen molar-refractivity contribution < 1.29 is 5.11 Å². The smallest absolute Gasteiger partial charge is 0.0782 e. The fourth-order valence-corrected chi connectivity index (χ4v) is 1.76. The molecule has 0 bridgehead atoms. The number of aromatic amines is 1. The van der Waals surface area contributed by atoms with Gasteiger partial charge in [-0.25, -0.2) is 0 Å². The molecule has 2 aromatic rings. The van der Waals surface area contributed by atoms with Crippen LogP contribution in [0, 0.1) is 0 Å². The van der Waals surface area contributed by atoms with Crippen LogP contribution in [0.25, 0.3) is 10.9 Å². The van der Waals surface area contributed by atoms with Gasteiger partial charge in [-0.3, -0.25) is 0 Å². The van der Waals surface area contributed by atoms with Crippen LogP contribution in [0.4, 0.5) is 0 Å². The van der Waals surface area contributed by atoms with Gasteiger partial charge in [0.25, 0.3) is 0 Å². The first-order valence-corrected chi connectivity index (χ1v) is 5.10. The van der Waals surface area contributed by atoms with Gasteiger partial charge < -0.3 is 15.8 Å². The zero-order valence-electron chi connectivity index (χ0n) is 8.83. The van der Waals surface area contributed by atoms with Crippen LogP contribution in [0.3, 0.4) is 0 Å². The van der Waals surface area contributed by atoms with E-state index in [-0.39, 0.29) is 6.54 Å². The fraction of sp³-hybridized carbons (Fsp3) is 0.333. The van der Waals surface area contributed by atoms with Gasteiger partial charge in [-0.05, 0) is 18.6 Å². The normalized spacial score (nSPS) is 15.4. The first-order valence-electron chi connectivity index (χ1n) is 5.10. The highest BCUT2D eigenvalue weighted by atomic mass is 16.3. The number of benzene rings is 1. The van der Waals surface area contributed by atoms with Crippen molar-refractivity contribution in [2.24, 2.45) is 5.73 Å². The molecule has 0 fully saturated rings. The van der Waals surface area contributed by atoms with Gasteiger partial charge in [0.05, 0.1) is 5.60 Å². The summed E-state index contributed by atoms with van der Waals surface area (Å²) in [6, 6.07) is 8.06. The van der Waals surface area contributed by atoms with Gasteiger partial charge in [-0.15, -0.1) is 0 Å². The zero-order valence-corrected chi connectivity index (χ0v) is 8.83. The highest BCUT2D eigenvalue weighted by molar-refractivity contribution is 5.83. The van der Waals surface area contributed by atoms with Crippen LogP contribution in [-0.2, 0) is 6.42 Å². The number of hydrogen-bond acceptors (Lipinski definition) is 2. The summed E-state index contributed by atoms with van der Waals surface area (Å²) < 4.78 is 0. The number of H-pyrrole nitrogens is 1. The summed E-state index contributed by atoms with van der Waals surface area (Å²) >= 11 is 0. The summed E-state index contributed by atoms with van der Waals surface area (Å²) in [7, 11) is 0. The average Bonchev–Trinajstić information content (AvgIpc) is 2.62. The molecule has 0 radical (unpaired) electrons. The van der Waals surface area contributed by atoms with Crippen molar-refractivity contribution in [3.05, 3.63) is 36.0 Å². The number of rotatable bonds is 3. The summed E-state index contributed by atoms with van der Waals surface area (Å²) in [6.07, 6.45) is 2.52. The Morgan fingerprint density at radius 3 is 2.87 bits per heavy atom. The minimum atomic E-state index is -0.828. The van der Waals surface area contributed by atoms with Crippen molar-refractivity contribution in [2.45, 2.75) is 18.9 Å². The minimum Gasteiger partial charge on any atom is -0.389 e. The molecule has 3 nitrogen and oxygen atoms in total. The predicted molar refractivity (Wildman–Crippen MR) is 61.7 cm³/mol. The molecule has 0 spiro atoms. The van der Waals surface area contributed by atoms with Crippen LogP contribution in [0.1, 0.15) is 12.5 Å². The van der Waals surface area contributed by atoms with E-state index in [0.717, 1.165) is 16.5 Å². The summed E-state index contributed by atoms with van der Waals surface area (Å²) in [5, 5.41) is 11.1. The quantitative estimate of drug-likeness (QED) is 0.708. The van der Waals surface area contributed by atoms with E-state index in [4.69, 9.17) is 5.73 Å². The molecule has 15 heavy (non-hydrogen) atoms. The maximum Gasteiger partial charge on any atom is 0.0782 e. The Morgan fingerprint density at radius 1 is 1.40 bits per heavy atom. The van der Waals surface area contributed by atoms with Crippen molar-refractivity contribution in [2.75, 3.05) is 6.54 Å². The third-order valence-electron chi connectivity index (χ3n) is 2.69. The highest BCUT2D eigenvalue weighted by Crippen LogP contribution is 2.21. The van der Waals surface area contributed by atoms with Gasteiger partial charge in [0.15, 0.2) is 0 Å². The van der Waals surface area contributed by atoms with Crippen LogP contribution < -0.4 is 5.73 Å². The molecule has 4 N–H and O–H groups in total. The fourth-order valence-electron chi connectivity index (χ4n) is 1.76. The lowest BCUT2D eigenvalue weighted by molar-refractivity contribution is 0.0700. The van der Waals surface area contributed by atoms with E-state index < -0.39 is 5.60 Å². The van der Waals surface area contributed by atoms with E-state index in [1.807, 2.05) is 30.5 Å². The van der Waals surface area contributed by atoms with Crippen molar-refractivity contribution in [3.8, 4) is 0 Å². The molecule has 1 heterocycles. The average molecular weight is 204 g/mol. The number of para-hydroxylation sites is 1. The molecule has 1 aromatic heterocycles. The van der Waals surface area contributed by atoms with Crippen molar-refractivity contribution in [3.63, 3.8) is 0 Å². The maximum atomic E-state index is 9.92. The van der Waals surface area contributed by atoms with Crippen LogP contribution >= 0.6 is 0 Å². The molecule has 2 rings (SSSR count). The van der Waals surface area contributed by atoms with Gasteiger partial charge in [-0.1, -0.05) is 18.2 Å². The lowest BCUT2D eigenvalue weighted by Crippen LogP contribution is -2.36. The monoisotopic (exact) mass is 204 g/mol. The molecule has 1 aromatic carbocycles. The number of aliphatic hydroxyl groups is 1. The largest absolute Gasteiger partial charge is 0.389 e. The Balaban J connectivity index is 2.37. The van der Waals surface area contributed by atoms with Gasteiger partial charge in [0.2, 0.25) is 0 Å². The van der Waals surface area contributed by atoms with E-state index in [9.17, 15) is 5.11 Å². The molecule has 1 atom stereocenters. The second kappa shape index (κ2) is 3.68. The van der Waals surface area contributed by atoms with Gasteiger partial charge in [0.1, 0.15) is 0 Å². The molecule has 80 valence electrons. The van der Waals surface area contributed by atoms with E-state index >= 15 is 0 Å². The molecule has 0 saturated carbocycles. The van der Waals surface area contributed by atoms with Gasteiger partial charge in [0, 0.05) is 30.1 Å². The molecule has 0 aliphatic carbocycles. The van der Waals surface area contributed by atoms with E-state index in [1.165, 1.54) is 0 Å². The summed E-state index contributed by atoms with van der Waals surface area (Å²) in [5.74, 6) is 0. The van der Waals surface area contributed by atoms with E-state index in [0.29, 0.717) is 6.42 Å². The van der Waals surface area contributed by atoms with Crippen LogP contribution in [0.15, 0.2) is 30.5 Å². The standard InChI is InChI=1S/C12H16N2O/c1-12(15,8-13)6-9-7-14-11-5-3-2-4-10(9)11/h2-5,7,14-15H,6,8,13H2,1H3. The number of nitrogens with one attached hydrogen (secondary N) is 1. The topological polar surface area (TPSA) is 62.0 Å². The Kier molecular flexibility index (Phi) is 2.50. The van der Waals surface area contributed by atoms with Crippen molar-refractivity contribution >= 4 is 10.9 Å². The maximum absolute atomic E-state index is 9.92. The molecule has 0 aliphatic heterocycles. The van der Waals surface area contributed by atoms with E-state index in [1.54, 1.807) is 6.92 Å². The lowest BCUT2D eigenvalue weighted by atomic mass is 9.96. The van der Waals surface area contributed by atoms with Crippen molar-refractivity contribution in [1.29, 1.82) is 0 Å². The van der Waals surface area contributed by atoms with Crippen LogP contribution in [0.5, 0.6) is 0 Å². The minimum absolute atomic E-state index is 0.270. The molecule has 0 amide bonds. The number of fused-ring (bicyclic) bond motifs is 1. The molecule has 0 aliphatic rings. The first kappa shape index (κ1) is 10.2. The summed E-state index contributed by atoms with van der Waals surface area (Å²) in [4.78, 5) is 3.18. The Bertz CT molecular complexity index is 459. The molecule has 0 saturated heterocycles. The number of nitrogens with two attached hydrogens (primary N) is 1. The molecule has 1 unspecified atom stereocenters. The lowest BCUT2D eigenvalue weighted by Gasteiger charge is -2.20. The highest BCUT2D eigenvalue weighted by Gasteiger charge is 2.20. The second-order valence-electron chi connectivity index (χ2n) is 4.24. The number of aromatic nitrogens is 1. The first-order chi connectivity index (χ1) is 7.12. The Morgan fingerprint density at radius 2 is 2.13 bits per heavy atom. The zero-order chi connectivity index (χ0) is 10.9. The second-order valence-corrected chi connectivity index (χ2v) is 4.24. The SMILES string of the molecule is CC(O)(CN)Cc1c[nH]c2ccccc12. The van der Waals surface area contributed by atoms with Crippen molar-refractivity contribution in [1.82, 2.24) is 4.98 Å². The Hall–Kier alpha value is -1.32.